The van der Waals surface area contributed by atoms with E-state index < -0.39 is 5.97 Å². The zero-order chi connectivity index (χ0) is 14.9. The second kappa shape index (κ2) is 7.88. The number of ether oxygens (including phenoxy) is 2. The van der Waals surface area contributed by atoms with Crippen LogP contribution in [0.2, 0.25) is 0 Å². The topological polar surface area (TPSA) is 82.8 Å². The number of para-hydroxylation sites is 1. The number of carbonyl (C=O) groups excluding carboxylic acids is 1. The molecule has 0 aliphatic rings. The van der Waals surface area contributed by atoms with Gasteiger partial charge in [-0.2, -0.15) is 0 Å². The van der Waals surface area contributed by atoms with Crippen molar-refractivity contribution in [3.05, 3.63) is 54.6 Å². The van der Waals surface area contributed by atoms with E-state index in [1.807, 2.05) is 35.9 Å². The first kappa shape index (κ1) is 14.8. The highest BCUT2D eigenvalue weighted by molar-refractivity contribution is 5.69. The molecule has 0 radical (unpaired) electrons. The van der Waals surface area contributed by atoms with E-state index >= 15 is 0 Å². The van der Waals surface area contributed by atoms with Crippen molar-refractivity contribution in [1.29, 1.82) is 0 Å². The third kappa shape index (κ3) is 5.13. The van der Waals surface area contributed by atoms with E-state index in [9.17, 15) is 4.79 Å². The lowest BCUT2D eigenvalue weighted by Gasteiger charge is -2.08. The molecule has 0 atom stereocenters. The van der Waals surface area contributed by atoms with Gasteiger partial charge in [-0.25, -0.2) is 5.84 Å². The fraction of sp³-hybridized carbons (Fsp3) is 0.133. The van der Waals surface area contributed by atoms with E-state index in [-0.39, 0.29) is 13.0 Å². The second-order valence-corrected chi connectivity index (χ2v) is 4.08. The Hall–Kier alpha value is -2.57. The van der Waals surface area contributed by atoms with Gasteiger partial charge in [0.2, 0.25) is 0 Å². The number of hydrogen-bond donors (Lipinski definition) is 2. The maximum atomic E-state index is 11.0. The Labute approximate surface area is 122 Å². The van der Waals surface area contributed by atoms with Gasteiger partial charge in [-0.3, -0.25) is 4.79 Å². The molecule has 0 aliphatic carbocycles. The number of nitrogens with one attached hydrogen (secondary N) is 1. The van der Waals surface area contributed by atoms with E-state index in [0.29, 0.717) is 11.5 Å². The molecule has 0 saturated heterocycles. The maximum Gasteiger partial charge on any atom is 0.329 e. The smallest absolute Gasteiger partial charge is 0.329 e. The van der Waals surface area contributed by atoms with Crippen LogP contribution in [0.25, 0.3) is 0 Å². The van der Waals surface area contributed by atoms with Crippen LogP contribution in [0, 0.1) is 0 Å². The summed E-state index contributed by atoms with van der Waals surface area (Å²) in [5.74, 6) is 6.48. The molecule has 3 N–H and O–H groups in total. The molecule has 2 rings (SSSR count). The molecule has 110 valence electrons. The number of carbonyl (C=O) groups is 1. The van der Waals surface area contributed by atoms with Gasteiger partial charge in [-0.05, 0) is 36.4 Å². The van der Waals surface area contributed by atoms with E-state index in [2.05, 4.69) is 4.84 Å². The summed E-state index contributed by atoms with van der Waals surface area (Å²) in [5.41, 5.74) is 1.83. The molecule has 0 bridgehead atoms. The van der Waals surface area contributed by atoms with E-state index in [0.717, 1.165) is 5.75 Å². The summed E-state index contributed by atoms with van der Waals surface area (Å²) in [5, 5.41) is 0. The lowest BCUT2D eigenvalue weighted by atomic mass is 10.3. The minimum absolute atomic E-state index is 0.104. The molecule has 0 amide bonds. The van der Waals surface area contributed by atoms with Crippen molar-refractivity contribution in [3.8, 4) is 17.2 Å². The first-order valence-corrected chi connectivity index (χ1v) is 6.39. The Bertz CT molecular complexity index is 558. The molecular weight excluding hydrogens is 272 g/mol. The Balaban J connectivity index is 1.80. The van der Waals surface area contributed by atoms with Gasteiger partial charge in [0.15, 0.2) is 0 Å². The molecular formula is C15H16N2O4. The molecule has 0 aliphatic heterocycles. The Morgan fingerprint density at radius 1 is 0.952 bits per heavy atom. The number of hydrazine groups is 1. The average molecular weight is 288 g/mol. The molecule has 2 aromatic rings. The molecule has 0 aromatic heterocycles. The maximum absolute atomic E-state index is 11.0. The molecule has 6 nitrogen and oxygen atoms in total. The molecule has 6 heteroatoms. The summed E-state index contributed by atoms with van der Waals surface area (Å²) in [7, 11) is 0. The summed E-state index contributed by atoms with van der Waals surface area (Å²) in [6, 6.07) is 16.6. The van der Waals surface area contributed by atoms with Crippen molar-refractivity contribution in [2.45, 2.75) is 6.42 Å². The Kier molecular flexibility index (Phi) is 5.57. The zero-order valence-corrected chi connectivity index (χ0v) is 11.3. The van der Waals surface area contributed by atoms with Crippen LogP contribution in [0.1, 0.15) is 6.42 Å². The molecule has 0 heterocycles. The number of nitrogens with two attached hydrogens (primary N) is 1. The van der Waals surface area contributed by atoms with Crippen molar-refractivity contribution in [2.24, 2.45) is 5.84 Å². The SMILES string of the molecule is NNOC(=O)CCOc1ccc(Oc2ccccc2)cc1. The third-order valence-corrected chi connectivity index (χ3v) is 2.55. The lowest BCUT2D eigenvalue weighted by Crippen LogP contribution is -2.26. The van der Waals surface area contributed by atoms with Gasteiger partial charge >= 0.3 is 5.97 Å². The molecule has 0 fully saturated rings. The molecule has 21 heavy (non-hydrogen) atoms. The van der Waals surface area contributed by atoms with Crippen LogP contribution in [-0.4, -0.2) is 12.6 Å². The van der Waals surface area contributed by atoms with E-state index in [1.54, 1.807) is 24.3 Å². The summed E-state index contributed by atoms with van der Waals surface area (Å²) >= 11 is 0. The van der Waals surface area contributed by atoms with E-state index in [4.69, 9.17) is 15.3 Å². The summed E-state index contributed by atoms with van der Waals surface area (Å²) in [6.45, 7) is 0.208. The first-order chi connectivity index (χ1) is 10.3. The van der Waals surface area contributed by atoms with Gasteiger partial charge in [0.05, 0.1) is 13.0 Å². The van der Waals surface area contributed by atoms with Crippen molar-refractivity contribution < 1.29 is 19.1 Å². The monoisotopic (exact) mass is 288 g/mol. The van der Waals surface area contributed by atoms with Crippen LogP contribution < -0.4 is 20.9 Å². The normalized spacial score (nSPS) is 9.95. The van der Waals surface area contributed by atoms with Gasteiger partial charge < -0.3 is 14.3 Å². The van der Waals surface area contributed by atoms with Gasteiger partial charge in [-0.15, -0.1) is 0 Å². The summed E-state index contributed by atoms with van der Waals surface area (Å²) in [4.78, 5) is 15.4. The zero-order valence-electron chi connectivity index (χ0n) is 11.3. The Morgan fingerprint density at radius 2 is 1.57 bits per heavy atom. The number of benzene rings is 2. The third-order valence-electron chi connectivity index (χ3n) is 2.55. The van der Waals surface area contributed by atoms with Gasteiger partial charge in [0.25, 0.3) is 0 Å². The van der Waals surface area contributed by atoms with Crippen molar-refractivity contribution in [2.75, 3.05) is 6.61 Å². The highest BCUT2D eigenvalue weighted by Gasteiger charge is 2.03. The first-order valence-electron chi connectivity index (χ1n) is 6.39. The van der Waals surface area contributed by atoms with Crippen LogP contribution in [-0.2, 0) is 9.63 Å². The quantitative estimate of drug-likeness (QED) is 0.600. The van der Waals surface area contributed by atoms with Gasteiger partial charge in [-0.1, -0.05) is 23.8 Å². The predicted molar refractivity (Wildman–Crippen MR) is 76.5 cm³/mol. The predicted octanol–water partition coefficient (Wildman–Crippen LogP) is 2.17. The minimum atomic E-state index is -0.485. The summed E-state index contributed by atoms with van der Waals surface area (Å²) in [6.07, 6.45) is 0.104. The minimum Gasteiger partial charge on any atom is -0.493 e. The largest absolute Gasteiger partial charge is 0.493 e. The number of rotatable bonds is 7. The fourth-order valence-corrected chi connectivity index (χ4v) is 1.60. The molecule has 0 saturated carbocycles. The molecule has 0 spiro atoms. The van der Waals surface area contributed by atoms with Crippen molar-refractivity contribution >= 4 is 5.97 Å². The highest BCUT2D eigenvalue weighted by atomic mass is 16.7. The lowest BCUT2D eigenvalue weighted by molar-refractivity contribution is -0.151. The van der Waals surface area contributed by atoms with Crippen LogP contribution in [0.4, 0.5) is 0 Å². The standard InChI is InChI=1S/C15H16N2O4/c16-17-21-15(18)10-11-19-12-6-8-14(9-7-12)20-13-4-2-1-3-5-13/h1-9,17H,10-11,16H2. The number of hydrogen-bond acceptors (Lipinski definition) is 6. The van der Waals surface area contributed by atoms with Crippen LogP contribution >= 0.6 is 0 Å². The molecule has 0 unspecified atom stereocenters. The second-order valence-electron chi connectivity index (χ2n) is 4.08. The van der Waals surface area contributed by atoms with Crippen molar-refractivity contribution in [1.82, 2.24) is 5.59 Å². The molecule has 2 aromatic carbocycles. The fourth-order valence-electron chi connectivity index (χ4n) is 1.60. The van der Waals surface area contributed by atoms with Crippen LogP contribution in [0.15, 0.2) is 54.6 Å². The Morgan fingerprint density at radius 3 is 2.24 bits per heavy atom. The van der Waals surface area contributed by atoms with Crippen LogP contribution in [0.3, 0.4) is 0 Å². The van der Waals surface area contributed by atoms with E-state index in [1.165, 1.54) is 0 Å². The van der Waals surface area contributed by atoms with Gasteiger partial charge in [0, 0.05) is 0 Å². The summed E-state index contributed by atoms with van der Waals surface area (Å²) < 4.78 is 11.1. The van der Waals surface area contributed by atoms with Crippen LogP contribution in [0.5, 0.6) is 17.2 Å². The van der Waals surface area contributed by atoms with Crippen molar-refractivity contribution in [3.63, 3.8) is 0 Å². The average Bonchev–Trinajstić information content (AvgIpc) is 2.50. The highest BCUT2D eigenvalue weighted by Crippen LogP contribution is 2.23. The van der Waals surface area contributed by atoms with Gasteiger partial charge in [0.1, 0.15) is 17.2 Å².